The number of carbonyl (C=O) groups excluding carboxylic acids is 1. The van der Waals surface area contributed by atoms with E-state index in [1.165, 1.54) is 24.4 Å². The lowest BCUT2D eigenvalue weighted by molar-refractivity contribution is -0.384. The number of benzene rings is 3. The fourth-order valence-electron chi connectivity index (χ4n) is 2.75. The van der Waals surface area contributed by atoms with E-state index in [9.17, 15) is 14.9 Å². The highest BCUT2D eigenvalue weighted by atomic mass is 79.9. The summed E-state index contributed by atoms with van der Waals surface area (Å²) in [5.74, 6) is 0.502. The Morgan fingerprint density at radius 3 is 2.67 bits per heavy atom. The molecule has 3 rings (SSSR count). The van der Waals surface area contributed by atoms with Gasteiger partial charge in [0.25, 0.3) is 11.6 Å². The number of fused-ring (bicyclic) bond motifs is 1. The van der Waals surface area contributed by atoms with Gasteiger partial charge in [-0.2, -0.15) is 5.10 Å². The zero-order chi connectivity index (χ0) is 21.5. The first-order chi connectivity index (χ1) is 14.5. The van der Waals surface area contributed by atoms with Gasteiger partial charge in [0, 0.05) is 17.7 Å². The molecule has 0 aliphatic rings. The molecule has 0 fully saturated rings. The standard InChI is InChI=1S/C21H18BrN3O5/c1-2-29-19-9-7-14-5-3-4-6-16(14)17(19)12-23-24-21(26)13-30-20-10-8-15(25(27)28)11-18(20)22/h3-12H,2,13H2,1H3,(H,24,26)/b23-12+. The smallest absolute Gasteiger partial charge is 0.277 e. The summed E-state index contributed by atoms with van der Waals surface area (Å²) in [4.78, 5) is 22.3. The molecule has 0 saturated carbocycles. The van der Waals surface area contributed by atoms with E-state index >= 15 is 0 Å². The van der Waals surface area contributed by atoms with Crippen LogP contribution < -0.4 is 14.9 Å². The second-order valence-corrected chi connectivity index (χ2v) is 6.94. The van der Waals surface area contributed by atoms with Crippen molar-refractivity contribution >= 4 is 44.5 Å². The maximum Gasteiger partial charge on any atom is 0.277 e. The van der Waals surface area contributed by atoms with E-state index in [0.717, 1.165) is 16.3 Å². The summed E-state index contributed by atoms with van der Waals surface area (Å²) < 4.78 is 11.4. The number of rotatable bonds is 8. The first kappa shape index (κ1) is 21.3. The molecular weight excluding hydrogens is 454 g/mol. The number of nitro groups is 1. The van der Waals surface area contributed by atoms with E-state index < -0.39 is 10.8 Å². The molecule has 1 amide bonds. The van der Waals surface area contributed by atoms with Gasteiger partial charge in [0.2, 0.25) is 0 Å². The van der Waals surface area contributed by atoms with E-state index in [2.05, 4.69) is 26.5 Å². The van der Waals surface area contributed by atoms with Crippen molar-refractivity contribution in [2.75, 3.05) is 13.2 Å². The SMILES string of the molecule is CCOc1ccc2ccccc2c1/C=N/NC(=O)COc1ccc([N+](=O)[O-])cc1Br. The molecule has 0 aliphatic carbocycles. The van der Waals surface area contributed by atoms with Crippen molar-refractivity contribution in [3.05, 3.63) is 74.7 Å². The molecule has 30 heavy (non-hydrogen) atoms. The van der Waals surface area contributed by atoms with Crippen molar-refractivity contribution < 1.29 is 19.2 Å². The quantitative estimate of drug-likeness (QED) is 0.297. The molecule has 0 spiro atoms. The van der Waals surface area contributed by atoms with E-state index in [1.54, 1.807) is 0 Å². The van der Waals surface area contributed by atoms with Crippen LogP contribution in [0.5, 0.6) is 11.5 Å². The zero-order valence-corrected chi connectivity index (χ0v) is 17.6. The van der Waals surface area contributed by atoms with Gasteiger partial charge in [-0.1, -0.05) is 30.3 Å². The first-order valence-corrected chi connectivity index (χ1v) is 9.82. The van der Waals surface area contributed by atoms with Crippen molar-refractivity contribution in [1.82, 2.24) is 5.43 Å². The molecule has 0 radical (unpaired) electrons. The molecule has 1 N–H and O–H groups in total. The predicted octanol–water partition coefficient (Wildman–Crippen LogP) is 4.44. The summed E-state index contributed by atoms with van der Waals surface area (Å²) in [6.45, 7) is 2.09. The van der Waals surface area contributed by atoms with Gasteiger partial charge >= 0.3 is 0 Å². The van der Waals surface area contributed by atoms with Gasteiger partial charge in [-0.25, -0.2) is 5.43 Å². The molecule has 0 unspecified atom stereocenters. The summed E-state index contributed by atoms with van der Waals surface area (Å²) in [6, 6.07) is 15.7. The fourth-order valence-corrected chi connectivity index (χ4v) is 3.24. The maximum absolute atomic E-state index is 12.1. The number of hydrogen-bond acceptors (Lipinski definition) is 6. The molecule has 0 heterocycles. The highest BCUT2D eigenvalue weighted by Gasteiger charge is 2.11. The van der Waals surface area contributed by atoms with Crippen LogP contribution in [0, 0.1) is 10.1 Å². The van der Waals surface area contributed by atoms with Gasteiger partial charge in [-0.15, -0.1) is 0 Å². The molecule has 0 bridgehead atoms. The molecule has 3 aromatic carbocycles. The lowest BCUT2D eigenvalue weighted by Crippen LogP contribution is -2.24. The zero-order valence-electron chi connectivity index (χ0n) is 16.0. The maximum atomic E-state index is 12.1. The number of nitrogens with one attached hydrogen (secondary N) is 1. The third-order valence-electron chi connectivity index (χ3n) is 4.10. The molecule has 8 nitrogen and oxygen atoms in total. The summed E-state index contributed by atoms with van der Waals surface area (Å²) in [7, 11) is 0. The third-order valence-corrected chi connectivity index (χ3v) is 4.72. The number of hydrogen-bond donors (Lipinski definition) is 1. The van der Waals surface area contributed by atoms with Crippen LogP contribution >= 0.6 is 15.9 Å². The largest absolute Gasteiger partial charge is 0.493 e. The average molecular weight is 472 g/mol. The van der Waals surface area contributed by atoms with Crippen LogP contribution in [0.1, 0.15) is 12.5 Å². The number of non-ortho nitro benzene ring substituents is 1. The topological polar surface area (TPSA) is 103 Å². The van der Waals surface area contributed by atoms with Crippen molar-refractivity contribution in [3.63, 3.8) is 0 Å². The Balaban J connectivity index is 1.66. The molecule has 154 valence electrons. The van der Waals surface area contributed by atoms with Gasteiger partial charge in [0.15, 0.2) is 6.61 Å². The average Bonchev–Trinajstić information content (AvgIpc) is 2.74. The van der Waals surface area contributed by atoms with Crippen molar-refractivity contribution in [2.24, 2.45) is 5.10 Å². The lowest BCUT2D eigenvalue weighted by atomic mass is 10.0. The van der Waals surface area contributed by atoms with Gasteiger partial charge in [0.05, 0.1) is 22.2 Å². The number of carbonyl (C=O) groups is 1. The van der Waals surface area contributed by atoms with E-state index in [1.807, 2.05) is 43.3 Å². The first-order valence-electron chi connectivity index (χ1n) is 9.02. The highest BCUT2D eigenvalue weighted by molar-refractivity contribution is 9.10. The van der Waals surface area contributed by atoms with Crippen molar-refractivity contribution in [3.8, 4) is 11.5 Å². The minimum atomic E-state index is -0.514. The summed E-state index contributed by atoms with van der Waals surface area (Å²) >= 11 is 3.19. The Bertz CT molecular complexity index is 1120. The Labute approximate surface area is 180 Å². The predicted molar refractivity (Wildman–Crippen MR) is 117 cm³/mol. The van der Waals surface area contributed by atoms with Crippen LogP contribution in [-0.4, -0.2) is 30.3 Å². The van der Waals surface area contributed by atoms with Gasteiger partial charge in [-0.05, 0) is 45.8 Å². The van der Waals surface area contributed by atoms with Crippen molar-refractivity contribution in [1.29, 1.82) is 0 Å². The number of nitro benzene ring substituents is 1. The number of halogens is 1. The van der Waals surface area contributed by atoms with Crippen LogP contribution in [0.4, 0.5) is 5.69 Å². The number of hydrazone groups is 1. The van der Waals surface area contributed by atoms with Crippen LogP contribution in [0.2, 0.25) is 0 Å². The van der Waals surface area contributed by atoms with E-state index in [-0.39, 0.29) is 12.3 Å². The summed E-state index contributed by atoms with van der Waals surface area (Å²) in [5.41, 5.74) is 3.09. The molecule has 0 aliphatic heterocycles. The van der Waals surface area contributed by atoms with Gasteiger partial charge in [-0.3, -0.25) is 14.9 Å². The molecular formula is C21H18BrN3O5. The second kappa shape index (κ2) is 9.84. The Morgan fingerprint density at radius 1 is 1.17 bits per heavy atom. The lowest BCUT2D eigenvalue weighted by Gasteiger charge is -2.10. The van der Waals surface area contributed by atoms with Crippen LogP contribution in [0.3, 0.4) is 0 Å². The normalized spacial score (nSPS) is 10.9. The fraction of sp³-hybridized carbons (Fsp3) is 0.143. The molecule has 9 heteroatoms. The molecule has 0 aromatic heterocycles. The summed E-state index contributed by atoms with van der Waals surface area (Å²) in [6.07, 6.45) is 1.53. The minimum Gasteiger partial charge on any atom is -0.493 e. The van der Waals surface area contributed by atoms with Crippen LogP contribution in [0.15, 0.2) is 64.2 Å². The van der Waals surface area contributed by atoms with Gasteiger partial charge < -0.3 is 9.47 Å². The minimum absolute atomic E-state index is 0.0801. The Kier molecular flexibility index (Phi) is 6.97. The highest BCUT2D eigenvalue weighted by Crippen LogP contribution is 2.29. The Morgan fingerprint density at radius 2 is 1.93 bits per heavy atom. The van der Waals surface area contributed by atoms with Crippen LogP contribution in [-0.2, 0) is 4.79 Å². The van der Waals surface area contributed by atoms with Gasteiger partial charge in [0.1, 0.15) is 11.5 Å². The second-order valence-electron chi connectivity index (χ2n) is 6.09. The number of amides is 1. The Hall–Kier alpha value is -3.46. The third kappa shape index (κ3) is 5.12. The molecule has 3 aromatic rings. The van der Waals surface area contributed by atoms with E-state index in [0.29, 0.717) is 22.6 Å². The molecule has 0 saturated heterocycles. The number of ether oxygens (including phenoxy) is 2. The number of nitrogens with zero attached hydrogens (tertiary/aromatic N) is 2. The monoisotopic (exact) mass is 471 g/mol. The summed E-state index contributed by atoms with van der Waals surface area (Å²) in [5, 5.41) is 16.8. The van der Waals surface area contributed by atoms with Crippen molar-refractivity contribution in [2.45, 2.75) is 6.92 Å². The van der Waals surface area contributed by atoms with E-state index in [4.69, 9.17) is 9.47 Å². The molecule has 0 atom stereocenters. The van der Waals surface area contributed by atoms with Crippen LogP contribution in [0.25, 0.3) is 10.8 Å².